The van der Waals surface area contributed by atoms with Crippen LogP contribution in [0.4, 0.5) is 5.69 Å². The molecule has 0 aliphatic carbocycles. The van der Waals surface area contributed by atoms with Gasteiger partial charge in [0.1, 0.15) is 0 Å². The van der Waals surface area contributed by atoms with Crippen LogP contribution in [-0.4, -0.2) is 24.1 Å². The standard InChI is InChI=1S/C14H17N3/c1-3-11-6-8-16-10-13(11)14(5-1)17-12-4-2-7-15-9-12/h1,3,5-6,8,10,12,15,17H,2,4,7,9H2. The third kappa shape index (κ3) is 2.24. The van der Waals surface area contributed by atoms with Crippen molar-refractivity contribution < 1.29 is 0 Å². The number of hydrogen-bond donors (Lipinski definition) is 2. The SMILES string of the molecule is c1cc(NC2CCCNC2)c2cnccc2c1. The van der Waals surface area contributed by atoms with Crippen LogP contribution in [0.15, 0.2) is 36.7 Å². The topological polar surface area (TPSA) is 37.0 Å². The molecule has 1 unspecified atom stereocenters. The molecule has 1 aliphatic heterocycles. The lowest BCUT2D eigenvalue weighted by atomic mass is 10.1. The number of nitrogens with one attached hydrogen (secondary N) is 2. The van der Waals surface area contributed by atoms with Gasteiger partial charge in [0.25, 0.3) is 0 Å². The third-order valence-corrected chi connectivity index (χ3v) is 3.34. The largest absolute Gasteiger partial charge is 0.380 e. The molecule has 1 atom stereocenters. The Morgan fingerprint density at radius 2 is 2.29 bits per heavy atom. The van der Waals surface area contributed by atoms with Gasteiger partial charge < -0.3 is 10.6 Å². The van der Waals surface area contributed by atoms with Gasteiger partial charge >= 0.3 is 0 Å². The van der Waals surface area contributed by atoms with E-state index in [2.05, 4.69) is 39.9 Å². The minimum atomic E-state index is 0.537. The van der Waals surface area contributed by atoms with Crippen molar-refractivity contribution in [2.75, 3.05) is 18.4 Å². The molecule has 0 amide bonds. The van der Waals surface area contributed by atoms with Crippen LogP contribution in [0.2, 0.25) is 0 Å². The van der Waals surface area contributed by atoms with Crippen LogP contribution < -0.4 is 10.6 Å². The fourth-order valence-corrected chi connectivity index (χ4v) is 2.43. The van der Waals surface area contributed by atoms with E-state index in [1.54, 1.807) is 0 Å². The van der Waals surface area contributed by atoms with Gasteiger partial charge in [-0.25, -0.2) is 0 Å². The lowest BCUT2D eigenvalue weighted by Crippen LogP contribution is -2.38. The smallest absolute Gasteiger partial charge is 0.0438 e. The zero-order valence-corrected chi connectivity index (χ0v) is 9.82. The first-order valence-electron chi connectivity index (χ1n) is 6.23. The van der Waals surface area contributed by atoms with Gasteiger partial charge in [-0.05, 0) is 36.9 Å². The molecule has 1 fully saturated rings. The molecule has 2 heterocycles. The highest BCUT2D eigenvalue weighted by atomic mass is 15.0. The molecule has 0 saturated carbocycles. The Morgan fingerprint density at radius 1 is 1.29 bits per heavy atom. The van der Waals surface area contributed by atoms with Crippen molar-refractivity contribution in [3.8, 4) is 0 Å². The molecule has 3 heteroatoms. The van der Waals surface area contributed by atoms with Crippen molar-refractivity contribution in [1.29, 1.82) is 0 Å². The first-order valence-corrected chi connectivity index (χ1v) is 6.23. The highest BCUT2D eigenvalue weighted by molar-refractivity contribution is 5.93. The first kappa shape index (κ1) is 10.5. The third-order valence-electron chi connectivity index (χ3n) is 3.34. The predicted molar refractivity (Wildman–Crippen MR) is 71.3 cm³/mol. The summed E-state index contributed by atoms with van der Waals surface area (Å²) in [6.45, 7) is 2.20. The van der Waals surface area contributed by atoms with Crippen LogP contribution in [0, 0.1) is 0 Å². The Balaban J connectivity index is 1.89. The fourth-order valence-electron chi connectivity index (χ4n) is 2.43. The predicted octanol–water partition coefficient (Wildman–Crippen LogP) is 2.40. The summed E-state index contributed by atoms with van der Waals surface area (Å²) in [7, 11) is 0. The van der Waals surface area contributed by atoms with Gasteiger partial charge in [-0.15, -0.1) is 0 Å². The molecule has 17 heavy (non-hydrogen) atoms. The molecule has 0 spiro atoms. The molecular weight excluding hydrogens is 210 g/mol. The molecule has 88 valence electrons. The second-order valence-corrected chi connectivity index (χ2v) is 4.59. The minimum Gasteiger partial charge on any atom is -0.380 e. The summed E-state index contributed by atoms with van der Waals surface area (Å²) in [6, 6.07) is 8.95. The number of piperidine rings is 1. The molecular formula is C14H17N3. The number of rotatable bonds is 2. The maximum atomic E-state index is 4.21. The van der Waals surface area contributed by atoms with Gasteiger partial charge in [-0.3, -0.25) is 4.98 Å². The summed E-state index contributed by atoms with van der Waals surface area (Å²) in [4.78, 5) is 4.21. The van der Waals surface area contributed by atoms with E-state index in [9.17, 15) is 0 Å². The Morgan fingerprint density at radius 3 is 3.18 bits per heavy atom. The quantitative estimate of drug-likeness (QED) is 0.827. The summed E-state index contributed by atoms with van der Waals surface area (Å²) in [5, 5.41) is 9.50. The van der Waals surface area contributed by atoms with E-state index < -0.39 is 0 Å². The Hall–Kier alpha value is -1.61. The molecule has 0 radical (unpaired) electrons. The monoisotopic (exact) mass is 227 g/mol. The normalized spacial score (nSPS) is 20.4. The number of aromatic nitrogens is 1. The van der Waals surface area contributed by atoms with Crippen LogP contribution in [0.3, 0.4) is 0 Å². The second-order valence-electron chi connectivity index (χ2n) is 4.59. The molecule has 0 bridgehead atoms. The molecule has 3 nitrogen and oxygen atoms in total. The van der Waals surface area contributed by atoms with Gasteiger partial charge in [0.15, 0.2) is 0 Å². The molecule has 1 aliphatic rings. The summed E-state index contributed by atoms with van der Waals surface area (Å²) in [5.41, 5.74) is 1.20. The van der Waals surface area contributed by atoms with Crippen molar-refractivity contribution in [3.63, 3.8) is 0 Å². The minimum absolute atomic E-state index is 0.537. The van der Waals surface area contributed by atoms with Gasteiger partial charge in [-0.2, -0.15) is 0 Å². The van der Waals surface area contributed by atoms with Crippen LogP contribution in [-0.2, 0) is 0 Å². The van der Waals surface area contributed by atoms with Crippen LogP contribution in [0.5, 0.6) is 0 Å². The van der Waals surface area contributed by atoms with Gasteiger partial charge in [-0.1, -0.05) is 12.1 Å². The highest BCUT2D eigenvalue weighted by Gasteiger charge is 2.13. The number of hydrogen-bond acceptors (Lipinski definition) is 3. The lowest BCUT2D eigenvalue weighted by Gasteiger charge is -2.25. The lowest BCUT2D eigenvalue weighted by molar-refractivity contribution is 0.480. The molecule has 1 saturated heterocycles. The van der Waals surface area contributed by atoms with E-state index in [4.69, 9.17) is 0 Å². The van der Waals surface area contributed by atoms with E-state index in [1.165, 1.54) is 29.3 Å². The fraction of sp³-hybridized carbons (Fsp3) is 0.357. The molecule has 2 N–H and O–H groups in total. The number of benzene rings is 1. The van der Waals surface area contributed by atoms with Crippen molar-refractivity contribution in [3.05, 3.63) is 36.7 Å². The average molecular weight is 227 g/mol. The van der Waals surface area contributed by atoms with Crippen LogP contribution in [0.25, 0.3) is 10.8 Å². The molecule has 3 rings (SSSR count). The van der Waals surface area contributed by atoms with Gasteiger partial charge in [0.2, 0.25) is 0 Å². The van der Waals surface area contributed by atoms with E-state index in [0.717, 1.165) is 13.1 Å². The highest BCUT2D eigenvalue weighted by Crippen LogP contribution is 2.23. The second kappa shape index (κ2) is 4.72. The van der Waals surface area contributed by atoms with Crippen molar-refractivity contribution in [2.24, 2.45) is 0 Å². The first-order chi connectivity index (χ1) is 8.43. The van der Waals surface area contributed by atoms with Crippen molar-refractivity contribution in [2.45, 2.75) is 18.9 Å². The van der Waals surface area contributed by atoms with E-state index >= 15 is 0 Å². The summed E-state index contributed by atoms with van der Waals surface area (Å²) in [5.74, 6) is 0. The maximum absolute atomic E-state index is 4.21. The van der Waals surface area contributed by atoms with Gasteiger partial charge in [0.05, 0.1) is 0 Å². The number of nitrogens with zero attached hydrogens (tertiary/aromatic N) is 1. The molecule has 2 aromatic rings. The van der Waals surface area contributed by atoms with Crippen molar-refractivity contribution in [1.82, 2.24) is 10.3 Å². The van der Waals surface area contributed by atoms with Crippen LogP contribution in [0.1, 0.15) is 12.8 Å². The maximum Gasteiger partial charge on any atom is 0.0438 e. The Labute approximate surface area is 101 Å². The Bertz CT molecular complexity index is 498. The zero-order chi connectivity index (χ0) is 11.5. The van der Waals surface area contributed by atoms with Crippen LogP contribution >= 0.6 is 0 Å². The number of pyridine rings is 1. The number of anilines is 1. The van der Waals surface area contributed by atoms with E-state index in [0.29, 0.717) is 6.04 Å². The average Bonchev–Trinajstić information content (AvgIpc) is 2.40. The zero-order valence-electron chi connectivity index (χ0n) is 9.82. The summed E-state index contributed by atoms with van der Waals surface area (Å²) < 4.78 is 0. The van der Waals surface area contributed by atoms with E-state index in [1.807, 2.05) is 12.4 Å². The Kier molecular flexibility index (Phi) is 2.92. The number of fused-ring (bicyclic) bond motifs is 1. The molecule has 1 aromatic carbocycles. The van der Waals surface area contributed by atoms with Crippen molar-refractivity contribution >= 4 is 16.5 Å². The van der Waals surface area contributed by atoms with E-state index in [-0.39, 0.29) is 0 Å². The molecule has 1 aromatic heterocycles. The summed E-state index contributed by atoms with van der Waals surface area (Å²) in [6.07, 6.45) is 6.27. The van der Waals surface area contributed by atoms with Gasteiger partial charge in [0, 0.05) is 36.1 Å². The summed E-state index contributed by atoms with van der Waals surface area (Å²) >= 11 is 0.